The summed E-state index contributed by atoms with van der Waals surface area (Å²) in [5.74, 6) is -1.45. The highest BCUT2D eigenvalue weighted by molar-refractivity contribution is 6.01. The lowest BCUT2D eigenvalue weighted by molar-refractivity contribution is -0.140. The van der Waals surface area contributed by atoms with E-state index in [0.29, 0.717) is 43.5 Å². The Balaban J connectivity index is 1.23. The van der Waals surface area contributed by atoms with Gasteiger partial charge in [0.25, 0.3) is 5.89 Å². The van der Waals surface area contributed by atoms with Crippen molar-refractivity contribution in [2.75, 3.05) is 26.2 Å². The van der Waals surface area contributed by atoms with Crippen molar-refractivity contribution in [1.82, 2.24) is 25.8 Å². The number of benzene rings is 2. The predicted octanol–water partition coefficient (Wildman–Crippen LogP) is 4.55. The third kappa shape index (κ3) is 10.5. The van der Waals surface area contributed by atoms with E-state index in [9.17, 15) is 19.2 Å². The number of amides is 3. The highest BCUT2D eigenvalue weighted by Gasteiger charge is 2.43. The molecule has 1 saturated carbocycles. The number of ketones is 1. The van der Waals surface area contributed by atoms with Crippen molar-refractivity contribution in [3.63, 3.8) is 0 Å². The van der Waals surface area contributed by atoms with Gasteiger partial charge in [-0.1, -0.05) is 54.1 Å². The number of fused-ring (bicyclic) bond motifs is 1. The molecule has 13 heteroatoms. The zero-order valence-corrected chi connectivity index (χ0v) is 30.3. The number of unbranched alkanes of at least 4 members (excludes halogenated alkanes) is 1. The fourth-order valence-corrected chi connectivity index (χ4v) is 7.35. The number of piperidine rings is 1. The Hall–Kier alpha value is -4.59. The molecule has 1 aromatic heterocycles. The lowest BCUT2D eigenvalue weighted by Crippen LogP contribution is -2.55. The zero-order valence-electron chi connectivity index (χ0n) is 30.3. The van der Waals surface area contributed by atoms with Gasteiger partial charge < -0.3 is 40.5 Å². The number of oxazole rings is 1. The Morgan fingerprint density at radius 1 is 0.962 bits per heavy atom. The van der Waals surface area contributed by atoms with Crippen molar-refractivity contribution < 1.29 is 33.1 Å². The van der Waals surface area contributed by atoms with Crippen molar-refractivity contribution in [3.05, 3.63) is 77.7 Å². The van der Waals surface area contributed by atoms with Gasteiger partial charge >= 0.3 is 6.09 Å². The van der Waals surface area contributed by atoms with Crippen molar-refractivity contribution >= 4 is 34.8 Å². The second kappa shape index (κ2) is 18.9. The van der Waals surface area contributed by atoms with Crippen LogP contribution in [0.15, 0.2) is 70.7 Å². The molecule has 2 aliphatic heterocycles. The molecular formula is C40H52N6O7. The lowest BCUT2D eigenvalue weighted by Gasteiger charge is -2.29. The van der Waals surface area contributed by atoms with Crippen LogP contribution in [0.4, 0.5) is 4.79 Å². The number of alkyl carbamates (subject to hydrolysis) is 1. The van der Waals surface area contributed by atoms with Gasteiger partial charge in [-0.3, -0.25) is 14.4 Å². The summed E-state index contributed by atoms with van der Waals surface area (Å²) in [6, 6.07) is 13.9. The standard InChI is InChI=1S/C40H52N6O7/c41-21-9-8-15-32(36(47)38-44-31-14-6-7-16-35(31)53-38)43-37(48)34-24-30(51-26-28-10-2-1-3-11-28)25-46(34)39(49)33(18-17-27-19-22-42-23-20-27)45-40(50)52-29-12-4-5-13-29/h1-3,6-7,10-11,14,16-17,29-30,32-34,42H,4-5,8-9,12-13,15,18-26,41H2,(H,43,48)(H,45,50)/t30-,32+,33-,34+/m1/s1. The average molecular weight is 729 g/mol. The zero-order chi connectivity index (χ0) is 37.0. The molecule has 13 nitrogen and oxygen atoms in total. The molecular weight excluding hydrogens is 676 g/mol. The Morgan fingerprint density at radius 3 is 2.47 bits per heavy atom. The van der Waals surface area contributed by atoms with E-state index in [-0.39, 0.29) is 31.4 Å². The van der Waals surface area contributed by atoms with Crippen LogP contribution in [-0.4, -0.2) is 90.1 Å². The second-order valence-electron chi connectivity index (χ2n) is 14.2. The summed E-state index contributed by atoms with van der Waals surface area (Å²) in [4.78, 5) is 61.7. The van der Waals surface area contributed by atoms with Crippen LogP contribution in [0.1, 0.15) is 86.9 Å². The van der Waals surface area contributed by atoms with Crippen LogP contribution < -0.4 is 21.7 Å². The van der Waals surface area contributed by atoms with Gasteiger partial charge in [0, 0.05) is 13.0 Å². The molecule has 2 aromatic carbocycles. The second-order valence-corrected chi connectivity index (χ2v) is 14.2. The van der Waals surface area contributed by atoms with Crippen molar-refractivity contribution in [3.8, 4) is 0 Å². The molecule has 0 bridgehead atoms. The fourth-order valence-electron chi connectivity index (χ4n) is 7.35. The van der Waals surface area contributed by atoms with Gasteiger partial charge in [-0.25, -0.2) is 9.78 Å². The van der Waals surface area contributed by atoms with Gasteiger partial charge in [-0.05, 0) is 102 Å². The number of aromatic nitrogens is 1. The quantitative estimate of drug-likeness (QED) is 0.0930. The number of nitrogens with two attached hydrogens (primary N) is 1. The first kappa shape index (κ1) is 38.1. The average Bonchev–Trinajstić information content (AvgIpc) is 3.96. The number of carbonyl (C=O) groups is 4. The van der Waals surface area contributed by atoms with Crippen LogP contribution in [0.5, 0.6) is 0 Å². The summed E-state index contributed by atoms with van der Waals surface area (Å²) in [5.41, 5.74) is 8.95. The molecule has 53 heavy (non-hydrogen) atoms. The lowest BCUT2D eigenvalue weighted by atomic mass is 10.0. The maximum atomic E-state index is 14.5. The molecule has 0 spiro atoms. The first-order chi connectivity index (χ1) is 25.9. The summed E-state index contributed by atoms with van der Waals surface area (Å²) in [5, 5.41) is 9.13. The normalized spacial score (nSPS) is 20.2. The fraction of sp³-hybridized carbons (Fsp3) is 0.525. The summed E-state index contributed by atoms with van der Waals surface area (Å²) in [7, 11) is 0. The number of likely N-dealkylation sites (tertiary alicyclic amines) is 1. The van der Waals surface area contributed by atoms with Crippen LogP contribution in [0.3, 0.4) is 0 Å². The van der Waals surface area contributed by atoms with Gasteiger partial charge in [0.05, 0.1) is 18.8 Å². The van der Waals surface area contributed by atoms with Gasteiger partial charge in [0.1, 0.15) is 23.7 Å². The molecule has 4 atom stereocenters. The SMILES string of the molecule is NCCCC[C@H](NC(=O)[C@@H]1C[C@@H](OCc2ccccc2)CN1C(=O)[C@@H](CC=C1CCNCC1)NC(=O)OC1CCCC1)C(=O)c1nc2ccccc2o1. The molecule has 3 aliphatic rings. The number of nitrogens with one attached hydrogen (secondary N) is 3. The van der Waals surface area contributed by atoms with Crippen LogP contribution in [0.25, 0.3) is 11.1 Å². The molecule has 3 fully saturated rings. The van der Waals surface area contributed by atoms with Crippen LogP contribution >= 0.6 is 0 Å². The van der Waals surface area contributed by atoms with Gasteiger partial charge in [0.15, 0.2) is 5.58 Å². The van der Waals surface area contributed by atoms with E-state index in [1.807, 2.05) is 36.4 Å². The number of rotatable bonds is 16. The van der Waals surface area contributed by atoms with Crippen LogP contribution in [-0.2, 0) is 25.7 Å². The third-order valence-corrected chi connectivity index (χ3v) is 10.3. The Morgan fingerprint density at radius 2 is 1.72 bits per heavy atom. The minimum Gasteiger partial charge on any atom is -0.446 e. The Bertz CT molecular complexity index is 1680. The monoisotopic (exact) mass is 728 g/mol. The number of ether oxygens (including phenoxy) is 2. The number of hydrogen-bond donors (Lipinski definition) is 4. The minimum absolute atomic E-state index is 0.0938. The van der Waals surface area contributed by atoms with Crippen LogP contribution in [0.2, 0.25) is 0 Å². The topological polar surface area (TPSA) is 178 Å². The summed E-state index contributed by atoms with van der Waals surface area (Å²) in [6.07, 6.45) is 8.08. The van der Waals surface area contributed by atoms with Crippen LogP contribution in [0, 0.1) is 0 Å². The number of Topliss-reactive ketones (excluding diaryl/α,β-unsaturated/α-hetero) is 1. The molecule has 5 N–H and O–H groups in total. The number of para-hydroxylation sites is 2. The smallest absolute Gasteiger partial charge is 0.408 e. The minimum atomic E-state index is -0.962. The highest BCUT2D eigenvalue weighted by Crippen LogP contribution is 2.26. The van der Waals surface area contributed by atoms with E-state index >= 15 is 0 Å². The maximum Gasteiger partial charge on any atom is 0.408 e. The maximum absolute atomic E-state index is 14.5. The van der Waals surface area contributed by atoms with E-state index in [0.717, 1.165) is 57.2 Å². The Kier molecular flexibility index (Phi) is 13.6. The number of nitrogens with zero attached hydrogens (tertiary/aromatic N) is 2. The predicted molar refractivity (Wildman–Crippen MR) is 199 cm³/mol. The van der Waals surface area contributed by atoms with E-state index < -0.39 is 47.9 Å². The van der Waals surface area contributed by atoms with E-state index in [4.69, 9.17) is 19.6 Å². The molecule has 284 valence electrons. The molecule has 2 saturated heterocycles. The summed E-state index contributed by atoms with van der Waals surface area (Å²) >= 11 is 0. The molecule has 3 aromatic rings. The molecule has 3 heterocycles. The number of carbonyl (C=O) groups excluding carboxylic acids is 4. The largest absolute Gasteiger partial charge is 0.446 e. The van der Waals surface area contributed by atoms with Crippen molar-refractivity contribution in [2.45, 2.75) is 108 Å². The number of hydrogen-bond acceptors (Lipinski definition) is 10. The van der Waals surface area contributed by atoms with Gasteiger partial charge in [-0.15, -0.1) is 0 Å². The van der Waals surface area contributed by atoms with Gasteiger partial charge in [-0.2, -0.15) is 0 Å². The summed E-state index contributed by atoms with van der Waals surface area (Å²) < 4.78 is 17.8. The Labute approximate surface area is 310 Å². The first-order valence-corrected chi connectivity index (χ1v) is 19.1. The van der Waals surface area contributed by atoms with Gasteiger partial charge in [0.2, 0.25) is 17.6 Å². The first-order valence-electron chi connectivity index (χ1n) is 19.1. The highest BCUT2D eigenvalue weighted by atomic mass is 16.6. The van der Waals surface area contributed by atoms with E-state index in [2.05, 4.69) is 20.9 Å². The third-order valence-electron chi connectivity index (χ3n) is 10.3. The molecule has 0 radical (unpaired) electrons. The van der Waals surface area contributed by atoms with E-state index in [1.54, 1.807) is 24.3 Å². The molecule has 3 amide bonds. The molecule has 1 aliphatic carbocycles. The van der Waals surface area contributed by atoms with Crippen molar-refractivity contribution in [2.24, 2.45) is 5.73 Å². The van der Waals surface area contributed by atoms with Crippen molar-refractivity contribution in [1.29, 1.82) is 0 Å². The molecule has 6 rings (SSSR count). The molecule has 0 unspecified atom stereocenters. The summed E-state index contributed by atoms with van der Waals surface area (Å²) in [6.45, 7) is 2.58. The van der Waals surface area contributed by atoms with E-state index in [1.165, 1.54) is 10.5 Å².